The van der Waals surface area contributed by atoms with Gasteiger partial charge in [-0.1, -0.05) is 0 Å². The largest absolute Gasteiger partial charge is 0.508 e. The molecule has 0 unspecified atom stereocenters. The number of hydrogen-bond donors (Lipinski definition) is 1. The summed E-state index contributed by atoms with van der Waals surface area (Å²) in [5.41, 5.74) is 0.935. The summed E-state index contributed by atoms with van der Waals surface area (Å²) in [6, 6.07) is 6.59. The van der Waals surface area contributed by atoms with E-state index in [0.717, 1.165) is 0 Å². The predicted molar refractivity (Wildman–Crippen MR) is 45.9 cm³/mol. The molecular formula is C9H5N3O. The first kappa shape index (κ1) is 7.50. The molecule has 0 atom stereocenters. The number of aromatic hydroxyl groups is 1. The van der Waals surface area contributed by atoms with Crippen molar-refractivity contribution >= 4 is 10.9 Å². The van der Waals surface area contributed by atoms with Crippen molar-refractivity contribution in [1.29, 1.82) is 5.26 Å². The minimum Gasteiger partial charge on any atom is -0.508 e. The Kier molecular flexibility index (Phi) is 1.57. The zero-order valence-corrected chi connectivity index (χ0v) is 6.60. The van der Waals surface area contributed by atoms with E-state index in [1.54, 1.807) is 6.07 Å². The van der Waals surface area contributed by atoms with Gasteiger partial charge < -0.3 is 5.11 Å². The third kappa shape index (κ3) is 1.16. The average Bonchev–Trinajstić information content (AvgIpc) is 2.17. The molecule has 2 rings (SSSR count). The summed E-state index contributed by atoms with van der Waals surface area (Å²) in [7, 11) is 0. The third-order valence-electron chi connectivity index (χ3n) is 1.72. The molecule has 13 heavy (non-hydrogen) atoms. The fraction of sp³-hybridized carbons (Fsp3) is 0. The second-order valence-electron chi connectivity index (χ2n) is 2.54. The number of benzene rings is 1. The Morgan fingerprint density at radius 3 is 2.92 bits per heavy atom. The first-order valence-electron chi connectivity index (χ1n) is 3.65. The second-order valence-corrected chi connectivity index (χ2v) is 2.54. The highest BCUT2D eigenvalue weighted by Crippen LogP contribution is 2.19. The monoisotopic (exact) mass is 171 g/mol. The van der Waals surface area contributed by atoms with Crippen molar-refractivity contribution in [2.45, 2.75) is 0 Å². The summed E-state index contributed by atoms with van der Waals surface area (Å²) in [5.74, 6) is 0.110. The zero-order chi connectivity index (χ0) is 9.26. The molecule has 0 aliphatic carbocycles. The molecule has 0 amide bonds. The van der Waals surface area contributed by atoms with Gasteiger partial charge >= 0.3 is 0 Å². The quantitative estimate of drug-likeness (QED) is 0.646. The van der Waals surface area contributed by atoms with Crippen LogP contribution in [0.5, 0.6) is 5.75 Å². The van der Waals surface area contributed by atoms with Crippen molar-refractivity contribution in [3.63, 3.8) is 0 Å². The van der Waals surface area contributed by atoms with E-state index in [4.69, 9.17) is 5.26 Å². The van der Waals surface area contributed by atoms with Crippen LogP contribution in [-0.4, -0.2) is 15.1 Å². The van der Waals surface area contributed by atoms with E-state index in [9.17, 15) is 5.11 Å². The summed E-state index contributed by atoms with van der Waals surface area (Å²) >= 11 is 0. The van der Waals surface area contributed by atoms with Gasteiger partial charge in [0.25, 0.3) is 0 Å². The van der Waals surface area contributed by atoms with Gasteiger partial charge in [0.15, 0.2) is 5.69 Å². The normalized spacial score (nSPS) is 9.77. The number of phenolic OH excluding ortho intramolecular Hbond substituents is 1. The van der Waals surface area contributed by atoms with Crippen LogP contribution < -0.4 is 0 Å². The molecule has 0 saturated carbocycles. The Labute approximate surface area is 74.1 Å². The van der Waals surface area contributed by atoms with Gasteiger partial charge in [-0.25, -0.2) is 9.97 Å². The second kappa shape index (κ2) is 2.72. The number of nitrogens with zero attached hydrogens (tertiary/aromatic N) is 3. The zero-order valence-electron chi connectivity index (χ0n) is 6.60. The van der Waals surface area contributed by atoms with Crippen LogP contribution in [0, 0.1) is 11.3 Å². The van der Waals surface area contributed by atoms with E-state index >= 15 is 0 Å². The molecule has 0 fully saturated rings. The third-order valence-corrected chi connectivity index (χ3v) is 1.72. The van der Waals surface area contributed by atoms with Crippen molar-refractivity contribution < 1.29 is 5.11 Å². The van der Waals surface area contributed by atoms with E-state index < -0.39 is 0 Å². The van der Waals surface area contributed by atoms with E-state index in [0.29, 0.717) is 10.9 Å². The Morgan fingerprint density at radius 2 is 2.15 bits per heavy atom. The number of fused-ring (bicyclic) bond motifs is 1. The molecule has 0 aliphatic rings. The standard InChI is InChI=1S/C9H5N3O/c10-4-9-7-3-6(13)1-2-8(7)11-5-12-9/h1-3,5,13H. The highest BCUT2D eigenvalue weighted by Gasteiger charge is 2.02. The van der Waals surface area contributed by atoms with Crippen LogP contribution in [0.25, 0.3) is 10.9 Å². The smallest absolute Gasteiger partial charge is 0.151 e. The maximum Gasteiger partial charge on any atom is 0.151 e. The van der Waals surface area contributed by atoms with Gasteiger partial charge in [-0.15, -0.1) is 0 Å². The van der Waals surface area contributed by atoms with Crippen LogP contribution in [0.15, 0.2) is 24.5 Å². The molecule has 1 N–H and O–H groups in total. The molecular weight excluding hydrogens is 166 g/mol. The lowest BCUT2D eigenvalue weighted by Gasteiger charge is -1.97. The van der Waals surface area contributed by atoms with Crippen LogP contribution in [-0.2, 0) is 0 Å². The lowest BCUT2D eigenvalue weighted by Crippen LogP contribution is -1.87. The van der Waals surface area contributed by atoms with Crippen LogP contribution >= 0.6 is 0 Å². The van der Waals surface area contributed by atoms with Gasteiger partial charge in [0, 0.05) is 5.39 Å². The summed E-state index contributed by atoms with van der Waals surface area (Å²) in [6.07, 6.45) is 1.33. The number of rotatable bonds is 0. The van der Waals surface area contributed by atoms with E-state index in [1.807, 2.05) is 6.07 Å². The van der Waals surface area contributed by atoms with Crippen LogP contribution in [0.3, 0.4) is 0 Å². The fourth-order valence-electron chi connectivity index (χ4n) is 1.13. The highest BCUT2D eigenvalue weighted by molar-refractivity contribution is 5.84. The fourth-order valence-corrected chi connectivity index (χ4v) is 1.13. The van der Waals surface area contributed by atoms with Crippen LogP contribution in [0.1, 0.15) is 5.69 Å². The van der Waals surface area contributed by atoms with Crippen LogP contribution in [0.2, 0.25) is 0 Å². The van der Waals surface area contributed by atoms with Crippen molar-refractivity contribution in [3.8, 4) is 11.8 Å². The number of aromatic nitrogens is 2. The Bertz CT molecular complexity index is 502. The average molecular weight is 171 g/mol. The lowest BCUT2D eigenvalue weighted by atomic mass is 10.2. The van der Waals surface area contributed by atoms with Gasteiger partial charge in [0.2, 0.25) is 0 Å². The van der Waals surface area contributed by atoms with E-state index in [2.05, 4.69) is 9.97 Å². The van der Waals surface area contributed by atoms with Crippen molar-refractivity contribution in [2.75, 3.05) is 0 Å². The van der Waals surface area contributed by atoms with Gasteiger partial charge in [-0.05, 0) is 18.2 Å². The van der Waals surface area contributed by atoms with Crippen molar-refractivity contribution in [3.05, 3.63) is 30.2 Å². The number of phenols is 1. The summed E-state index contributed by atoms with van der Waals surface area (Å²) in [5, 5.41) is 18.5. The molecule has 4 nitrogen and oxygen atoms in total. The molecule has 0 radical (unpaired) electrons. The molecule has 2 aromatic rings. The molecule has 0 saturated heterocycles. The van der Waals surface area contributed by atoms with E-state index in [-0.39, 0.29) is 11.4 Å². The Balaban J connectivity index is 2.89. The molecule has 1 aromatic heterocycles. The molecule has 62 valence electrons. The molecule has 0 bridgehead atoms. The maximum absolute atomic E-state index is 9.19. The first-order chi connectivity index (χ1) is 6.31. The van der Waals surface area contributed by atoms with Gasteiger partial charge in [-0.3, -0.25) is 0 Å². The lowest BCUT2D eigenvalue weighted by molar-refractivity contribution is 0.476. The predicted octanol–water partition coefficient (Wildman–Crippen LogP) is 1.21. The van der Waals surface area contributed by atoms with Gasteiger partial charge in [-0.2, -0.15) is 5.26 Å². The SMILES string of the molecule is N#Cc1ncnc2ccc(O)cc12. The van der Waals surface area contributed by atoms with Crippen LogP contribution in [0.4, 0.5) is 0 Å². The number of hydrogen-bond acceptors (Lipinski definition) is 4. The molecule has 1 aromatic carbocycles. The molecule has 1 heterocycles. The Morgan fingerprint density at radius 1 is 1.31 bits per heavy atom. The Hall–Kier alpha value is -2.15. The van der Waals surface area contributed by atoms with Crippen molar-refractivity contribution in [2.24, 2.45) is 0 Å². The minimum absolute atomic E-state index is 0.110. The highest BCUT2D eigenvalue weighted by atomic mass is 16.3. The van der Waals surface area contributed by atoms with E-state index in [1.165, 1.54) is 18.5 Å². The molecule has 4 heteroatoms. The topological polar surface area (TPSA) is 69.8 Å². The minimum atomic E-state index is 0.110. The summed E-state index contributed by atoms with van der Waals surface area (Å²) in [4.78, 5) is 7.74. The van der Waals surface area contributed by atoms with Gasteiger partial charge in [0.1, 0.15) is 18.1 Å². The van der Waals surface area contributed by atoms with Gasteiger partial charge in [0.05, 0.1) is 5.52 Å². The maximum atomic E-state index is 9.19. The molecule has 0 spiro atoms. The summed E-state index contributed by atoms with van der Waals surface area (Å²) in [6.45, 7) is 0. The molecule has 0 aliphatic heterocycles. The first-order valence-corrected chi connectivity index (χ1v) is 3.65. The summed E-state index contributed by atoms with van der Waals surface area (Å²) < 4.78 is 0. The van der Waals surface area contributed by atoms with Crippen molar-refractivity contribution in [1.82, 2.24) is 9.97 Å². The number of nitriles is 1.